The van der Waals surface area contributed by atoms with E-state index in [2.05, 4.69) is 51.2 Å². The van der Waals surface area contributed by atoms with Gasteiger partial charge in [0.25, 0.3) is 5.91 Å². The Kier molecular flexibility index (Phi) is 7.57. The van der Waals surface area contributed by atoms with Crippen molar-refractivity contribution in [3.05, 3.63) is 60.2 Å². The van der Waals surface area contributed by atoms with Gasteiger partial charge in [0.15, 0.2) is 8.32 Å². The van der Waals surface area contributed by atoms with E-state index in [-0.39, 0.29) is 17.0 Å². The van der Waals surface area contributed by atoms with Crippen LogP contribution < -0.4 is 0 Å². The first-order chi connectivity index (χ1) is 15.1. The summed E-state index contributed by atoms with van der Waals surface area (Å²) >= 11 is 0. The summed E-state index contributed by atoms with van der Waals surface area (Å²) < 4.78 is 6.38. The van der Waals surface area contributed by atoms with Crippen molar-refractivity contribution in [1.82, 2.24) is 4.90 Å². The van der Waals surface area contributed by atoms with Gasteiger partial charge in [-0.25, -0.2) is 0 Å². The topological polar surface area (TPSA) is 51.1 Å². The van der Waals surface area contributed by atoms with Gasteiger partial charge < -0.3 is 14.2 Å². The van der Waals surface area contributed by atoms with Gasteiger partial charge >= 0.3 is 0 Å². The van der Waals surface area contributed by atoms with Crippen molar-refractivity contribution < 1.29 is 14.1 Å². The molecule has 1 fully saturated rings. The molecule has 6 heteroatoms. The average molecular weight is 453 g/mol. The van der Waals surface area contributed by atoms with Crippen molar-refractivity contribution in [2.24, 2.45) is 5.16 Å². The highest BCUT2D eigenvalue weighted by Crippen LogP contribution is 2.37. The van der Waals surface area contributed by atoms with E-state index in [1.165, 1.54) is 0 Å². The van der Waals surface area contributed by atoms with Gasteiger partial charge in [0, 0.05) is 24.6 Å². The standard InChI is InChI=1S/C26H36N2O3Si/c1-26(2,3)32(5,6)31-17-16-24-18-23(27-30-4)19-28(24)25(29)22-14-12-21(13-15-22)20-10-8-7-9-11-20/h7-15,24H,16-19H2,1-6H3/b27-23-/t24-/m1/s1. The summed E-state index contributed by atoms with van der Waals surface area (Å²) in [6.45, 7) is 12.4. The molecule has 0 aliphatic carbocycles. The molecule has 1 aliphatic heterocycles. The van der Waals surface area contributed by atoms with Crippen LogP contribution in [-0.4, -0.2) is 51.1 Å². The summed E-state index contributed by atoms with van der Waals surface area (Å²) in [6, 6.07) is 18.1. The highest BCUT2D eigenvalue weighted by atomic mass is 28.4. The van der Waals surface area contributed by atoms with Gasteiger partial charge in [-0.2, -0.15) is 0 Å². The molecule has 0 bridgehead atoms. The maximum atomic E-state index is 13.4. The molecule has 5 nitrogen and oxygen atoms in total. The van der Waals surface area contributed by atoms with Crippen LogP contribution >= 0.6 is 0 Å². The van der Waals surface area contributed by atoms with Crippen LogP contribution in [0.15, 0.2) is 59.8 Å². The van der Waals surface area contributed by atoms with Gasteiger partial charge in [-0.15, -0.1) is 0 Å². The van der Waals surface area contributed by atoms with Gasteiger partial charge in [-0.3, -0.25) is 4.79 Å². The van der Waals surface area contributed by atoms with Crippen LogP contribution in [0.2, 0.25) is 18.1 Å². The third-order valence-electron chi connectivity index (χ3n) is 6.71. The molecule has 172 valence electrons. The Bertz CT molecular complexity index is 934. The second-order valence-electron chi connectivity index (χ2n) is 9.97. The molecule has 1 saturated heterocycles. The van der Waals surface area contributed by atoms with Crippen LogP contribution in [0, 0.1) is 0 Å². The van der Waals surface area contributed by atoms with Crippen molar-refractivity contribution in [2.45, 2.75) is 57.8 Å². The van der Waals surface area contributed by atoms with Gasteiger partial charge in [-0.05, 0) is 47.8 Å². The number of rotatable bonds is 7. The van der Waals surface area contributed by atoms with Crippen molar-refractivity contribution in [3.8, 4) is 11.1 Å². The van der Waals surface area contributed by atoms with Gasteiger partial charge in [-0.1, -0.05) is 68.4 Å². The average Bonchev–Trinajstić information content (AvgIpc) is 3.16. The summed E-state index contributed by atoms with van der Waals surface area (Å²) in [5, 5.41) is 4.31. The summed E-state index contributed by atoms with van der Waals surface area (Å²) in [5.41, 5.74) is 3.84. The van der Waals surface area contributed by atoms with Crippen LogP contribution in [0.3, 0.4) is 0 Å². The third kappa shape index (κ3) is 5.67. The monoisotopic (exact) mass is 452 g/mol. The Balaban J connectivity index is 1.71. The van der Waals surface area contributed by atoms with Gasteiger partial charge in [0.05, 0.1) is 12.3 Å². The Hall–Kier alpha value is -2.44. The number of carbonyl (C=O) groups is 1. The quantitative estimate of drug-likeness (QED) is 0.383. The van der Waals surface area contributed by atoms with Gasteiger partial charge in [0.2, 0.25) is 0 Å². The number of carbonyl (C=O) groups excluding carboxylic acids is 1. The number of hydrogen-bond acceptors (Lipinski definition) is 4. The van der Waals surface area contributed by atoms with Gasteiger partial charge in [0.1, 0.15) is 7.11 Å². The van der Waals surface area contributed by atoms with Crippen molar-refractivity contribution in [3.63, 3.8) is 0 Å². The molecule has 1 amide bonds. The molecule has 2 aromatic carbocycles. The molecular formula is C26H36N2O3Si. The predicted octanol–water partition coefficient (Wildman–Crippen LogP) is 5.98. The number of amides is 1. The second kappa shape index (κ2) is 10.0. The Morgan fingerprint density at radius 1 is 1.06 bits per heavy atom. The van der Waals surface area contributed by atoms with Crippen LogP contribution in [0.5, 0.6) is 0 Å². The summed E-state index contributed by atoms with van der Waals surface area (Å²) in [7, 11) is -0.268. The Morgan fingerprint density at radius 2 is 1.69 bits per heavy atom. The fourth-order valence-electron chi connectivity index (χ4n) is 3.73. The number of oxime groups is 1. The molecule has 0 spiro atoms. The first-order valence-electron chi connectivity index (χ1n) is 11.3. The van der Waals surface area contributed by atoms with E-state index in [4.69, 9.17) is 9.26 Å². The lowest BCUT2D eigenvalue weighted by atomic mass is 10.0. The molecule has 0 saturated carbocycles. The molecular weight excluding hydrogens is 416 g/mol. The fraction of sp³-hybridized carbons (Fsp3) is 0.462. The van der Waals surface area contributed by atoms with Crippen molar-refractivity contribution >= 4 is 19.9 Å². The summed E-state index contributed by atoms with van der Waals surface area (Å²) in [5.74, 6) is 0.0308. The Morgan fingerprint density at radius 3 is 2.28 bits per heavy atom. The second-order valence-corrected chi connectivity index (χ2v) is 14.8. The molecule has 0 unspecified atom stereocenters. The molecule has 1 atom stereocenters. The molecule has 0 N–H and O–H groups in total. The van der Waals surface area contributed by atoms with E-state index in [1.807, 2.05) is 47.4 Å². The molecule has 1 aliphatic rings. The molecule has 3 rings (SSSR count). The fourth-order valence-corrected chi connectivity index (χ4v) is 4.79. The minimum Gasteiger partial charge on any atom is -0.417 e. The van der Waals surface area contributed by atoms with E-state index >= 15 is 0 Å². The first-order valence-corrected chi connectivity index (χ1v) is 14.2. The minimum atomic E-state index is -1.82. The number of nitrogens with zero attached hydrogens (tertiary/aromatic N) is 2. The minimum absolute atomic E-state index is 0.0308. The van der Waals surface area contributed by atoms with Crippen molar-refractivity contribution in [1.29, 1.82) is 0 Å². The summed E-state index contributed by atoms with van der Waals surface area (Å²) in [6.07, 6.45) is 1.52. The van der Waals surface area contributed by atoms with E-state index in [1.54, 1.807) is 7.11 Å². The lowest BCUT2D eigenvalue weighted by Gasteiger charge is -2.36. The molecule has 0 aromatic heterocycles. The van der Waals surface area contributed by atoms with Crippen LogP contribution in [0.1, 0.15) is 44.0 Å². The number of likely N-dealkylation sites (tertiary alicyclic amines) is 1. The van der Waals surface area contributed by atoms with E-state index in [9.17, 15) is 4.79 Å². The van der Waals surface area contributed by atoms with Crippen LogP contribution in [0.4, 0.5) is 0 Å². The predicted molar refractivity (Wildman–Crippen MR) is 134 cm³/mol. The lowest BCUT2D eigenvalue weighted by Crippen LogP contribution is -2.42. The van der Waals surface area contributed by atoms with Crippen LogP contribution in [0.25, 0.3) is 11.1 Å². The number of benzene rings is 2. The largest absolute Gasteiger partial charge is 0.417 e. The zero-order valence-corrected chi connectivity index (χ0v) is 21.2. The summed E-state index contributed by atoms with van der Waals surface area (Å²) in [4.78, 5) is 20.3. The smallest absolute Gasteiger partial charge is 0.254 e. The normalized spacial score (nSPS) is 18.2. The first kappa shape index (κ1) is 24.2. The van der Waals surface area contributed by atoms with E-state index in [0.29, 0.717) is 18.7 Å². The molecule has 2 aromatic rings. The highest BCUT2D eigenvalue weighted by molar-refractivity contribution is 6.74. The highest BCUT2D eigenvalue weighted by Gasteiger charge is 2.38. The molecule has 32 heavy (non-hydrogen) atoms. The number of hydrogen-bond donors (Lipinski definition) is 0. The van der Waals surface area contributed by atoms with Crippen LogP contribution in [-0.2, 0) is 9.26 Å². The third-order valence-corrected chi connectivity index (χ3v) is 11.2. The molecule has 0 radical (unpaired) electrons. The molecule has 1 heterocycles. The van der Waals surface area contributed by atoms with E-state index < -0.39 is 8.32 Å². The lowest BCUT2D eigenvalue weighted by molar-refractivity contribution is 0.0721. The SMILES string of the molecule is CO/N=C1/C[C@@H](CCO[Si](C)(C)C(C)(C)C)N(C(=O)c2ccc(-c3ccccc3)cc2)C1. The Labute approximate surface area is 193 Å². The van der Waals surface area contributed by atoms with Crippen molar-refractivity contribution in [2.75, 3.05) is 20.3 Å². The zero-order chi connectivity index (χ0) is 23.4. The zero-order valence-electron chi connectivity index (χ0n) is 20.2. The maximum absolute atomic E-state index is 13.4. The maximum Gasteiger partial charge on any atom is 0.254 e. The van der Waals surface area contributed by atoms with E-state index in [0.717, 1.165) is 29.7 Å².